The minimum absolute atomic E-state index is 0.143. The summed E-state index contributed by atoms with van der Waals surface area (Å²) in [5, 5.41) is 17.7. The van der Waals surface area contributed by atoms with Crippen molar-refractivity contribution >= 4 is 11.9 Å². The second-order valence-corrected chi connectivity index (χ2v) is 3.75. The summed E-state index contributed by atoms with van der Waals surface area (Å²) in [7, 11) is 0. The summed E-state index contributed by atoms with van der Waals surface area (Å²) >= 11 is 0. The summed E-state index contributed by atoms with van der Waals surface area (Å²) in [5.74, 6) is -1.99. The highest BCUT2D eigenvalue weighted by Gasteiger charge is 2.51. The van der Waals surface area contributed by atoms with Crippen LogP contribution in [-0.2, 0) is 9.59 Å². The third-order valence-electron chi connectivity index (χ3n) is 3.12. The van der Waals surface area contributed by atoms with Crippen LogP contribution in [-0.4, -0.2) is 22.2 Å². The van der Waals surface area contributed by atoms with E-state index in [0.717, 1.165) is 6.42 Å². The maximum atomic E-state index is 11.0. The maximum Gasteiger partial charge on any atom is 0.335 e. The summed E-state index contributed by atoms with van der Waals surface area (Å²) in [6.45, 7) is 0. The van der Waals surface area contributed by atoms with E-state index in [1.807, 2.05) is 0 Å². The van der Waals surface area contributed by atoms with E-state index < -0.39 is 17.4 Å². The van der Waals surface area contributed by atoms with Gasteiger partial charge in [0.15, 0.2) is 0 Å². The molecule has 2 aliphatic rings. The quantitative estimate of drug-likeness (QED) is 0.688. The Bertz CT molecular complexity index is 366. The molecule has 14 heavy (non-hydrogen) atoms. The fourth-order valence-corrected chi connectivity index (χ4v) is 2.05. The number of carbonyl (C=O) groups is 2. The van der Waals surface area contributed by atoms with E-state index in [9.17, 15) is 9.59 Å². The van der Waals surface area contributed by atoms with E-state index in [-0.39, 0.29) is 11.5 Å². The summed E-state index contributed by atoms with van der Waals surface area (Å²) in [6, 6.07) is 0. The smallest absolute Gasteiger partial charge is 0.335 e. The first-order valence-electron chi connectivity index (χ1n) is 4.44. The lowest BCUT2D eigenvalue weighted by Crippen LogP contribution is -2.45. The fraction of sp³-hybridized carbons (Fsp3) is 0.400. The second-order valence-electron chi connectivity index (χ2n) is 3.75. The number of fused-ring (bicyclic) bond motifs is 1. The standard InChI is InChI=1S/C10H10O4/c11-8(12)6-1-3-10(9(13)14)4-2-7(10)5-6/h1,3,5,7H,2,4H2,(H,11,12)(H,13,14). The topological polar surface area (TPSA) is 74.6 Å². The summed E-state index contributed by atoms with van der Waals surface area (Å²) in [5.41, 5.74) is -0.620. The molecule has 0 aromatic rings. The van der Waals surface area contributed by atoms with Crippen LogP contribution in [0.4, 0.5) is 0 Å². The van der Waals surface area contributed by atoms with Crippen LogP contribution in [0.3, 0.4) is 0 Å². The van der Waals surface area contributed by atoms with Gasteiger partial charge in [-0.15, -0.1) is 0 Å². The van der Waals surface area contributed by atoms with Crippen LogP contribution in [0.2, 0.25) is 0 Å². The van der Waals surface area contributed by atoms with Gasteiger partial charge in [0, 0.05) is 0 Å². The highest BCUT2D eigenvalue weighted by atomic mass is 16.4. The third-order valence-corrected chi connectivity index (χ3v) is 3.12. The normalized spacial score (nSPS) is 34.0. The summed E-state index contributed by atoms with van der Waals surface area (Å²) in [6.07, 6.45) is 5.83. The average Bonchev–Trinajstić information content (AvgIpc) is 2.06. The van der Waals surface area contributed by atoms with Crippen molar-refractivity contribution in [1.82, 2.24) is 0 Å². The van der Waals surface area contributed by atoms with Crippen LogP contribution in [0.5, 0.6) is 0 Å². The van der Waals surface area contributed by atoms with Crippen molar-refractivity contribution in [1.29, 1.82) is 0 Å². The first-order chi connectivity index (χ1) is 6.56. The number of carboxylic acids is 2. The lowest BCUT2D eigenvalue weighted by molar-refractivity contribution is -0.153. The van der Waals surface area contributed by atoms with Crippen molar-refractivity contribution in [2.75, 3.05) is 0 Å². The van der Waals surface area contributed by atoms with Crippen LogP contribution in [0.25, 0.3) is 0 Å². The molecular weight excluding hydrogens is 184 g/mol. The Hall–Kier alpha value is -1.58. The monoisotopic (exact) mass is 194 g/mol. The van der Waals surface area contributed by atoms with E-state index in [1.165, 1.54) is 12.2 Å². The Morgan fingerprint density at radius 2 is 2.14 bits per heavy atom. The maximum absolute atomic E-state index is 11.0. The van der Waals surface area contributed by atoms with Crippen molar-refractivity contribution in [2.24, 2.45) is 11.3 Å². The van der Waals surface area contributed by atoms with Gasteiger partial charge in [0.05, 0.1) is 11.0 Å². The largest absolute Gasteiger partial charge is 0.481 e. The molecule has 1 fully saturated rings. The van der Waals surface area contributed by atoms with Crippen molar-refractivity contribution < 1.29 is 19.8 Å². The minimum Gasteiger partial charge on any atom is -0.481 e. The highest BCUT2D eigenvalue weighted by Crippen LogP contribution is 2.51. The van der Waals surface area contributed by atoms with Gasteiger partial charge in [0.2, 0.25) is 0 Å². The Morgan fingerprint density at radius 3 is 2.50 bits per heavy atom. The molecule has 0 aliphatic heterocycles. The van der Waals surface area contributed by atoms with Gasteiger partial charge in [-0.05, 0) is 18.8 Å². The molecule has 2 aliphatic carbocycles. The van der Waals surface area contributed by atoms with Crippen LogP contribution in [0.15, 0.2) is 23.8 Å². The van der Waals surface area contributed by atoms with Gasteiger partial charge in [-0.1, -0.05) is 18.2 Å². The second kappa shape index (κ2) is 2.70. The molecule has 1 saturated carbocycles. The third kappa shape index (κ3) is 0.999. The van der Waals surface area contributed by atoms with Gasteiger partial charge in [-0.25, -0.2) is 4.79 Å². The molecule has 4 heteroatoms. The molecular formula is C10H10O4. The van der Waals surface area contributed by atoms with Crippen molar-refractivity contribution in [3.63, 3.8) is 0 Å². The van der Waals surface area contributed by atoms with Crippen molar-refractivity contribution in [2.45, 2.75) is 12.8 Å². The first-order valence-corrected chi connectivity index (χ1v) is 4.44. The van der Waals surface area contributed by atoms with Gasteiger partial charge in [-0.2, -0.15) is 0 Å². The molecule has 2 N–H and O–H groups in total. The predicted molar refractivity (Wildman–Crippen MR) is 47.7 cm³/mol. The lowest BCUT2D eigenvalue weighted by Gasteiger charge is -2.44. The molecule has 0 aromatic heterocycles. The average molecular weight is 194 g/mol. The van der Waals surface area contributed by atoms with Gasteiger partial charge in [-0.3, -0.25) is 4.79 Å². The number of rotatable bonds is 2. The molecule has 74 valence electrons. The Kier molecular flexibility index (Phi) is 1.74. The number of hydrogen-bond donors (Lipinski definition) is 2. The van der Waals surface area contributed by atoms with E-state index in [4.69, 9.17) is 10.2 Å². The molecule has 0 spiro atoms. The molecule has 0 heterocycles. The van der Waals surface area contributed by atoms with E-state index in [2.05, 4.69) is 0 Å². The summed E-state index contributed by atoms with van der Waals surface area (Å²) in [4.78, 5) is 21.6. The number of hydrogen-bond acceptors (Lipinski definition) is 2. The van der Waals surface area contributed by atoms with E-state index in [1.54, 1.807) is 6.08 Å². The lowest BCUT2D eigenvalue weighted by atomic mass is 9.58. The molecule has 2 rings (SSSR count). The number of aliphatic carboxylic acids is 2. The van der Waals surface area contributed by atoms with E-state index in [0.29, 0.717) is 6.42 Å². The minimum atomic E-state index is -0.993. The molecule has 2 atom stereocenters. The molecule has 0 aromatic carbocycles. The van der Waals surface area contributed by atoms with Gasteiger partial charge in [0.1, 0.15) is 0 Å². The molecule has 0 saturated heterocycles. The van der Waals surface area contributed by atoms with Crippen molar-refractivity contribution in [3.8, 4) is 0 Å². The van der Waals surface area contributed by atoms with Gasteiger partial charge < -0.3 is 10.2 Å². The van der Waals surface area contributed by atoms with Crippen LogP contribution in [0, 0.1) is 11.3 Å². The zero-order valence-corrected chi connectivity index (χ0v) is 7.43. The van der Waals surface area contributed by atoms with Crippen LogP contribution >= 0.6 is 0 Å². The zero-order chi connectivity index (χ0) is 10.3. The zero-order valence-electron chi connectivity index (χ0n) is 7.43. The molecule has 0 bridgehead atoms. The molecule has 2 unspecified atom stereocenters. The molecule has 0 radical (unpaired) electrons. The van der Waals surface area contributed by atoms with Crippen LogP contribution in [0.1, 0.15) is 12.8 Å². The number of allylic oxidation sites excluding steroid dienone is 1. The highest BCUT2D eigenvalue weighted by molar-refractivity contribution is 5.92. The number of carboxylic acid groups (broad SMARTS) is 2. The molecule has 4 nitrogen and oxygen atoms in total. The Balaban J connectivity index is 2.30. The van der Waals surface area contributed by atoms with Gasteiger partial charge in [0.25, 0.3) is 0 Å². The van der Waals surface area contributed by atoms with Gasteiger partial charge >= 0.3 is 11.9 Å². The SMILES string of the molecule is O=C(O)C1=CC2CCC2(C(=O)O)C=C1. The fourth-order valence-electron chi connectivity index (χ4n) is 2.05. The Labute approximate surface area is 80.5 Å². The van der Waals surface area contributed by atoms with Crippen LogP contribution < -0.4 is 0 Å². The Morgan fingerprint density at radius 1 is 1.43 bits per heavy atom. The first kappa shape index (κ1) is 8.99. The van der Waals surface area contributed by atoms with E-state index >= 15 is 0 Å². The molecule has 0 amide bonds. The van der Waals surface area contributed by atoms with Crippen molar-refractivity contribution in [3.05, 3.63) is 23.8 Å². The summed E-state index contributed by atoms with van der Waals surface area (Å²) < 4.78 is 0. The predicted octanol–water partition coefficient (Wildman–Crippen LogP) is 1.05.